The molecule has 0 aromatic rings. The van der Waals surface area contributed by atoms with Crippen molar-refractivity contribution in [1.82, 2.24) is 0 Å². The van der Waals surface area contributed by atoms with Gasteiger partial charge in [-0.25, -0.2) is 0 Å². The van der Waals surface area contributed by atoms with E-state index in [9.17, 15) is 0 Å². The normalized spacial score (nSPS) is 39.0. The van der Waals surface area contributed by atoms with Crippen molar-refractivity contribution in [1.29, 1.82) is 0 Å². The first-order chi connectivity index (χ1) is 5.14. The van der Waals surface area contributed by atoms with E-state index in [2.05, 4.69) is 36.4 Å². The first-order valence-corrected chi connectivity index (χ1v) is 5.91. The molecule has 0 amide bonds. The molecule has 66 valence electrons. The van der Waals surface area contributed by atoms with Gasteiger partial charge in [0.25, 0.3) is 0 Å². The standard InChI is InChI=1S/C10H19I/c1-3-5-9-6-4-7-10(2,11)8-9/h9H,3-8H2,1-2H3/t9-,10?/m0/s1. The van der Waals surface area contributed by atoms with Crippen LogP contribution in [-0.2, 0) is 0 Å². The number of halogens is 1. The molecule has 0 bridgehead atoms. The van der Waals surface area contributed by atoms with Gasteiger partial charge in [0.15, 0.2) is 0 Å². The van der Waals surface area contributed by atoms with Gasteiger partial charge < -0.3 is 0 Å². The Morgan fingerprint density at radius 2 is 2.27 bits per heavy atom. The zero-order chi connectivity index (χ0) is 8.32. The van der Waals surface area contributed by atoms with Crippen molar-refractivity contribution in [2.45, 2.75) is 55.8 Å². The Hall–Kier alpha value is 0.730. The van der Waals surface area contributed by atoms with E-state index in [1.807, 2.05) is 0 Å². The Balaban J connectivity index is 2.34. The largest absolute Gasteiger partial charge is 0.0792 e. The third-order valence-electron chi connectivity index (χ3n) is 2.72. The molecular formula is C10H19I. The van der Waals surface area contributed by atoms with Gasteiger partial charge in [-0.2, -0.15) is 0 Å². The van der Waals surface area contributed by atoms with Crippen molar-refractivity contribution in [2.24, 2.45) is 5.92 Å². The van der Waals surface area contributed by atoms with Gasteiger partial charge in [0.1, 0.15) is 0 Å². The van der Waals surface area contributed by atoms with Gasteiger partial charge in [-0.1, -0.05) is 62.1 Å². The van der Waals surface area contributed by atoms with Crippen LogP contribution in [0, 0.1) is 5.92 Å². The molecule has 0 aliphatic heterocycles. The molecular weight excluding hydrogens is 247 g/mol. The van der Waals surface area contributed by atoms with Crippen molar-refractivity contribution in [3.8, 4) is 0 Å². The van der Waals surface area contributed by atoms with E-state index in [1.54, 1.807) is 0 Å². The topological polar surface area (TPSA) is 0 Å². The molecule has 1 rings (SSSR count). The van der Waals surface area contributed by atoms with E-state index in [1.165, 1.54) is 38.5 Å². The second-order valence-electron chi connectivity index (χ2n) is 4.16. The lowest BCUT2D eigenvalue weighted by Gasteiger charge is -2.33. The van der Waals surface area contributed by atoms with Crippen LogP contribution in [0.1, 0.15) is 52.4 Å². The second-order valence-corrected chi connectivity index (χ2v) is 6.77. The van der Waals surface area contributed by atoms with Crippen LogP contribution in [0.25, 0.3) is 0 Å². The maximum Gasteiger partial charge on any atom is 0.0196 e. The third-order valence-corrected chi connectivity index (χ3v) is 3.70. The summed E-state index contributed by atoms with van der Waals surface area (Å²) >= 11 is 2.65. The minimum atomic E-state index is 0.621. The SMILES string of the molecule is CCC[C@H]1CCCC(C)(I)C1. The summed E-state index contributed by atoms with van der Waals surface area (Å²) in [5.41, 5.74) is 0. The summed E-state index contributed by atoms with van der Waals surface area (Å²) in [5, 5.41) is 0. The van der Waals surface area contributed by atoms with Gasteiger partial charge in [0, 0.05) is 3.42 Å². The van der Waals surface area contributed by atoms with E-state index in [-0.39, 0.29) is 0 Å². The Morgan fingerprint density at radius 1 is 1.55 bits per heavy atom. The van der Waals surface area contributed by atoms with Gasteiger partial charge in [-0.3, -0.25) is 0 Å². The van der Waals surface area contributed by atoms with Gasteiger partial charge >= 0.3 is 0 Å². The highest BCUT2D eigenvalue weighted by Crippen LogP contribution is 2.40. The molecule has 1 saturated carbocycles. The average molecular weight is 266 g/mol. The number of hydrogen-bond acceptors (Lipinski definition) is 0. The average Bonchev–Trinajstić information content (AvgIpc) is 1.85. The number of rotatable bonds is 2. The van der Waals surface area contributed by atoms with E-state index in [0.717, 1.165) is 5.92 Å². The quantitative estimate of drug-likeness (QED) is 0.519. The van der Waals surface area contributed by atoms with Gasteiger partial charge in [-0.15, -0.1) is 0 Å². The highest BCUT2D eigenvalue weighted by Gasteiger charge is 2.28. The molecule has 0 nitrogen and oxygen atoms in total. The Morgan fingerprint density at radius 3 is 2.82 bits per heavy atom. The lowest BCUT2D eigenvalue weighted by Crippen LogP contribution is -2.25. The zero-order valence-corrected chi connectivity index (χ0v) is 9.86. The summed E-state index contributed by atoms with van der Waals surface area (Å²) in [5.74, 6) is 1.04. The van der Waals surface area contributed by atoms with Gasteiger partial charge in [0.2, 0.25) is 0 Å². The fourth-order valence-corrected chi connectivity index (χ4v) is 3.22. The molecule has 0 heterocycles. The van der Waals surface area contributed by atoms with Crippen LogP contribution < -0.4 is 0 Å². The first-order valence-electron chi connectivity index (χ1n) is 4.83. The summed E-state index contributed by atoms with van der Waals surface area (Å²) in [4.78, 5) is 0. The van der Waals surface area contributed by atoms with Gasteiger partial charge in [-0.05, 0) is 18.8 Å². The van der Waals surface area contributed by atoms with Crippen LogP contribution in [0.3, 0.4) is 0 Å². The molecule has 1 aliphatic rings. The Kier molecular flexibility index (Phi) is 3.66. The van der Waals surface area contributed by atoms with E-state index >= 15 is 0 Å². The van der Waals surface area contributed by atoms with Crippen molar-refractivity contribution in [3.05, 3.63) is 0 Å². The smallest absolute Gasteiger partial charge is 0.0196 e. The number of hydrogen-bond donors (Lipinski definition) is 0. The molecule has 11 heavy (non-hydrogen) atoms. The predicted octanol–water partition coefficient (Wildman–Crippen LogP) is 4.17. The maximum absolute atomic E-state index is 2.65. The molecule has 1 heteroatoms. The van der Waals surface area contributed by atoms with Crippen LogP contribution in [-0.4, -0.2) is 3.42 Å². The minimum Gasteiger partial charge on any atom is -0.0792 e. The first kappa shape index (κ1) is 9.82. The summed E-state index contributed by atoms with van der Waals surface area (Å²) < 4.78 is 0.621. The van der Waals surface area contributed by atoms with Crippen LogP contribution in [0.5, 0.6) is 0 Å². The van der Waals surface area contributed by atoms with Crippen LogP contribution >= 0.6 is 22.6 Å². The molecule has 2 atom stereocenters. The summed E-state index contributed by atoms with van der Waals surface area (Å²) in [6.45, 7) is 4.72. The van der Waals surface area contributed by atoms with Crippen LogP contribution in [0.4, 0.5) is 0 Å². The van der Waals surface area contributed by atoms with Crippen molar-refractivity contribution >= 4 is 22.6 Å². The maximum atomic E-state index is 2.65. The molecule has 0 N–H and O–H groups in total. The zero-order valence-electron chi connectivity index (χ0n) is 7.70. The van der Waals surface area contributed by atoms with Gasteiger partial charge in [0.05, 0.1) is 0 Å². The van der Waals surface area contributed by atoms with Crippen molar-refractivity contribution in [2.75, 3.05) is 0 Å². The summed E-state index contributed by atoms with van der Waals surface area (Å²) in [6.07, 6.45) is 8.68. The monoisotopic (exact) mass is 266 g/mol. The molecule has 0 radical (unpaired) electrons. The molecule has 1 fully saturated rings. The highest BCUT2D eigenvalue weighted by atomic mass is 127. The Bertz CT molecular complexity index is 116. The third kappa shape index (κ3) is 3.30. The van der Waals surface area contributed by atoms with Crippen molar-refractivity contribution < 1.29 is 0 Å². The molecule has 1 aliphatic carbocycles. The molecule has 0 aromatic heterocycles. The fraction of sp³-hybridized carbons (Fsp3) is 1.00. The summed E-state index contributed by atoms with van der Waals surface area (Å²) in [6, 6.07) is 0. The van der Waals surface area contributed by atoms with E-state index in [0.29, 0.717) is 3.42 Å². The van der Waals surface area contributed by atoms with E-state index < -0.39 is 0 Å². The second kappa shape index (κ2) is 4.11. The Labute approximate surface area is 84.3 Å². The molecule has 1 unspecified atom stereocenters. The highest BCUT2D eigenvalue weighted by molar-refractivity contribution is 14.1. The lowest BCUT2D eigenvalue weighted by molar-refractivity contribution is 0.302. The minimum absolute atomic E-state index is 0.621. The van der Waals surface area contributed by atoms with Crippen molar-refractivity contribution in [3.63, 3.8) is 0 Å². The summed E-state index contributed by atoms with van der Waals surface area (Å²) in [7, 11) is 0. The van der Waals surface area contributed by atoms with E-state index in [4.69, 9.17) is 0 Å². The van der Waals surface area contributed by atoms with Crippen LogP contribution in [0.2, 0.25) is 0 Å². The number of alkyl halides is 1. The predicted molar refractivity (Wildman–Crippen MR) is 59.3 cm³/mol. The molecule has 0 spiro atoms. The fourth-order valence-electron chi connectivity index (χ4n) is 2.22. The molecule has 0 saturated heterocycles. The lowest BCUT2D eigenvalue weighted by atomic mass is 9.80. The van der Waals surface area contributed by atoms with Crippen LogP contribution in [0.15, 0.2) is 0 Å². The molecule has 0 aromatic carbocycles.